The van der Waals surface area contributed by atoms with Gasteiger partial charge in [-0.3, -0.25) is 0 Å². The number of anilines is 1. The summed E-state index contributed by atoms with van der Waals surface area (Å²) >= 11 is 6.04. The summed E-state index contributed by atoms with van der Waals surface area (Å²) in [5.74, 6) is 1.46. The molecule has 0 unspecified atom stereocenters. The van der Waals surface area contributed by atoms with Gasteiger partial charge in [-0.05, 0) is 13.3 Å². The summed E-state index contributed by atoms with van der Waals surface area (Å²) in [7, 11) is 1.88. The molecule has 0 bridgehead atoms. The zero-order valence-corrected chi connectivity index (χ0v) is 10.0. The Morgan fingerprint density at radius 3 is 2.60 bits per heavy atom. The molecule has 0 radical (unpaired) electrons. The van der Waals surface area contributed by atoms with Crippen molar-refractivity contribution in [2.24, 2.45) is 0 Å². The van der Waals surface area contributed by atoms with Gasteiger partial charge in [-0.2, -0.15) is 0 Å². The molecule has 1 rings (SSSR count). The number of aromatic nitrogens is 2. The lowest BCUT2D eigenvalue weighted by Gasteiger charge is -2.20. The second-order valence-corrected chi connectivity index (χ2v) is 3.72. The molecule has 5 heteroatoms. The van der Waals surface area contributed by atoms with Crippen LogP contribution < -0.4 is 4.90 Å². The number of rotatable bonds is 4. The van der Waals surface area contributed by atoms with E-state index in [1.165, 1.54) is 0 Å². The molecule has 1 heterocycles. The van der Waals surface area contributed by atoms with E-state index in [0.717, 1.165) is 17.8 Å². The van der Waals surface area contributed by atoms with Crippen molar-refractivity contribution in [1.82, 2.24) is 9.97 Å². The standard InChI is InChI=1S/C10H16ClN3O/c1-4-8-9(11)12-7(2)13-10(8)14(3)5-6-15/h15H,4-6H2,1-3H3. The number of likely N-dealkylation sites (N-methyl/N-ethyl adjacent to an activating group) is 1. The molecule has 0 fully saturated rings. The molecule has 1 N–H and O–H groups in total. The van der Waals surface area contributed by atoms with Crippen molar-refractivity contribution < 1.29 is 5.11 Å². The molecule has 0 aliphatic rings. The van der Waals surface area contributed by atoms with Gasteiger partial charge in [0.05, 0.1) is 6.61 Å². The highest BCUT2D eigenvalue weighted by molar-refractivity contribution is 6.30. The van der Waals surface area contributed by atoms with E-state index >= 15 is 0 Å². The van der Waals surface area contributed by atoms with Crippen LogP contribution in [-0.2, 0) is 6.42 Å². The Labute approximate surface area is 94.9 Å². The number of hydrogen-bond donors (Lipinski definition) is 1. The third kappa shape index (κ3) is 2.79. The summed E-state index contributed by atoms with van der Waals surface area (Å²) in [5.41, 5.74) is 0.929. The third-order valence-corrected chi connectivity index (χ3v) is 2.51. The molecule has 0 aromatic carbocycles. The lowest BCUT2D eigenvalue weighted by Crippen LogP contribution is -2.24. The fourth-order valence-corrected chi connectivity index (χ4v) is 1.76. The maximum absolute atomic E-state index is 8.88. The van der Waals surface area contributed by atoms with Crippen LogP contribution in [0.3, 0.4) is 0 Å². The number of hydrogen-bond acceptors (Lipinski definition) is 4. The molecule has 0 saturated heterocycles. The molecular weight excluding hydrogens is 214 g/mol. The predicted octanol–water partition coefficient (Wildman–Crippen LogP) is 1.43. The molecule has 84 valence electrons. The lowest BCUT2D eigenvalue weighted by atomic mass is 10.2. The number of aliphatic hydroxyl groups is 1. The number of aryl methyl sites for hydroxylation is 1. The van der Waals surface area contributed by atoms with Gasteiger partial charge in [-0.25, -0.2) is 9.97 Å². The minimum Gasteiger partial charge on any atom is -0.395 e. The molecule has 0 aliphatic heterocycles. The molecule has 0 spiro atoms. The second kappa shape index (κ2) is 5.28. The zero-order chi connectivity index (χ0) is 11.4. The van der Waals surface area contributed by atoms with Gasteiger partial charge in [0.25, 0.3) is 0 Å². The van der Waals surface area contributed by atoms with Gasteiger partial charge < -0.3 is 10.0 Å². The molecule has 15 heavy (non-hydrogen) atoms. The van der Waals surface area contributed by atoms with Crippen molar-refractivity contribution >= 4 is 17.4 Å². The average molecular weight is 230 g/mol. The maximum Gasteiger partial charge on any atom is 0.138 e. The van der Waals surface area contributed by atoms with E-state index in [4.69, 9.17) is 16.7 Å². The highest BCUT2D eigenvalue weighted by Gasteiger charge is 2.13. The van der Waals surface area contributed by atoms with E-state index in [1.807, 2.05) is 25.8 Å². The molecule has 1 aromatic heterocycles. The quantitative estimate of drug-likeness (QED) is 0.794. The van der Waals surface area contributed by atoms with Crippen LogP contribution in [0.1, 0.15) is 18.3 Å². The van der Waals surface area contributed by atoms with Gasteiger partial charge in [0.2, 0.25) is 0 Å². The molecule has 1 aromatic rings. The van der Waals surface area contributed by atoms with Crippen LogP contribution in [0.5, 0.6) is 0 Å². The van der Waals surface area contributed by atoms with Gasteiger partial charge in [0.1, 0.15) is 16.8 Å². The molecule has 0 atom stereocenters. The van der Waals surface area contributed by atoms with Crippen LogP contribution in [0.15, 0.2) is 0 Å². The van der Waals surface area contributed by atoms with Crippen molar-refractivity contribution in [3.05, 3.63) is 16.5 Å². The Balaban J connectivity index is 3.13. The Morgan fingerprint density at radius 1 is 1.40 bits per heavy atom. The zero-order valence-electron chi connectivity index (χ0n) is 9.29. The van der Waals surface area contributed by atoms with Gasteiger partial charge in [-0.1, -0.05) is 18.5 Å². The first-order valence-electron chi connectivity index (χ1n) is 4.95. The Bertz CT molecular complexity index is 344. The first-order valence-corrected chi connectivity index (χ1v) is 5.33. The smallest absolute Gasteiger partial charge is 0.138 e. The summed E-state index contributed by atoms with van der Waals surface area (Å²) in [6.07, 6.45) is 0.782. The molecule has 0 aliphatic carbocycles. The van der Waals surface area contributed by atoms with Crippen LogP contribution in [0.2, 0.25) is 5.15 Å². The second-order valence-electron chi connectivity index (χ2n) is 3.36. The topological polar surface area (TPSA) is 49.2 Å². The van der Waals surface area contributed by atoms with Gasteiger partial charge >= 0.3 is 0 Å². The number of halogens is 1. The monoisotopic (exact) mass is 229 g/mol. The third-order valence-electron chi connectivity index (χ3n) is 2.20. The summed E-state index contributed by atoms with van der Waals surface area (Å²) in [6, 6.07) is 0. The van der Waals surface area contributed by atoms with Crippen molar-refractivity contribution in [2.75, 3.05) is 25.1 Å². The minimum atomic E-state index is 0.0975. The van der Waals surface area contributed by atoms with Crippen LogP contribution in [0, 0.1) is 6.92 Å². The highest BCUT2D eigenvalue weighted by atomic mass is 35.5. The fraction of sp³-hybridized carbons (Fsp3) is 0.600. The first kappa shape index (κ1) is 12.2. The molecule has 0 amide bonds. The Hall–Kier alpha value is -0.870. The largest absolute Gasteiger partial charge is 0.395 e. The minimum absolute atomic E-state index is 0.0975. The first-order chi connectivity index (χ1) is 7.10. The van der Waals surface area contributed by atoms with Crippen molar-refractivity contribution in [3.8, 4) is 0 Å². The normalized spacial score (nSPS) is 10.5. The van der Waals surface area contributed by atoms with E-state index in [0.29, 0.717) is 17.5 Å². The van der Waals surface area contributed by atoms with Crippen molar-refractivity contribution in [1.29, 1.82) is 0 Å². The maximum atomic E-state index is 8.88. The Kier molecular flexibility index (Phi) is 4.29. The van der Waals surface area contributed by atoms with E-state index < -0.39 is 0 Å². The summed E-state index contributed by atoms with van der Waals surface area (Å²) in [6.45, 7) is 4.46. The summed E-state index contributed by atoms with van der Waals surface area (Å²) in [5, 5.41) is 9.39. The average Bonchev–Trinajstić information content (AvgIpc) is 2.17. The number of nitrogens with zero attached hydrogens (tertiary/aromatic N) is 3. The van der Waals surface area contributed by atoms with E-state index in [1.54, 1.807) is 0 Å². The predicted molar refractivity (Wildman–Crippen MR) is 61.5 cm³/mol. The van der Waals surface area contributed by atoms with Crippen molar-refractivity contribution in [2.45, 2.75) is 20.3 Å². The molecule has 4 nitrogen and oxygen atoms in total. The van der Waals surface area contributed by atoms with Crippen LogP contribution in [0.4, 0.5) is 5.82 Å². The molecule has 0 saturated carbocycles. The number of aliphatic hydroxyl groups excluding tert-OH is 1. The van der Waals surface area contributed by atoms with Gasteiger partial charge in [0.15, 0.2) is 0 Å². The van der Waals surface area contributed by atoms with Crippen molar-refractivity contribution in [3.63, 3.8) is 0 Å². The van der Waals surface area contributed by atoms with Gasteiger partial charge in [-0.15, -0.1) is 0 Å². The van der Waals surface area contributed by atoms with Gasteiger partial charge in [0, 0.05) is 19.2 Å². The highest BCUT2D eigenvalue weighted by Crippen LogP contribution is 2.23. The summed E-state index contributed by atoms with van der Waals surface area (Å²) < 4.78 is 0. The van der Waals surface area contributed by atoms with Crippen LogP contribution in [-0.4, -0.2) is 35.3 Å². The SMILES string of the molecule is CCc1c(Cl)nc(C)nc1N(C)CCO. The van der Waals surface area contributed by atoms with Crippen LogP contribution in [0.25, 0.3) is 0 Å². The van der Waals surface area contributed by atoms with E-state index in [9.17, 15) is 0 Å². The molecular formula is C10H16ClN3O. The lowest BCUT2D eigenvalue weighted by molar-refractivity contribution is 0.303. The Morgan fingerprint density at radius 2 is 2.07 bits per heavy atom. The fourth-order valence-electron chi connectivity index (χ4n) is 1.42. The summed E-state index contributed by atoms with van der Waals surface area (Å²) in [4.78, 5) is 10.3. The van der Waals surface area contributed by atoms with E-state index in [2.05, 4.69) is 9.97 Å². The van der Waals surface area contributed by atoms with E-state index in [-0.39, 0.29) is 6.61 Å². The van der Waals surface area contributed by atoms with Crippen LogP contribution >= 0.6 is 11.6 Å².